The van der Waals surface area contributed by atoms with Gasteiger partial charge in [-0.25, -0.2) is 17.7 Å². The van der Waals surface area contributed by atoms with Crippen molar-refractivity contribution >= 4 is 27.0 Å². The number of nitrogens with one attached hydrogen (secondary N) is 1. The maximum atomic E-state index is 12.4. The molecular weight excluding hydrogens is 356 g/mol. The topological polar surface area (TPSA) is 105 Å². The van der Waals surface area contributed by atoms with Gasteiger partial charge in [0.05, 0.1) is 30.2 Å². The van der Waals surface area contributed by atoms with Crippen molar-refractivity contribution in [2.45, 2.75) is 19.4 Å². The monoisotopic (exact) mass is 380 g/mol. The Morgan fingerprint density at radius 2 is 2.23 bits per heavy atom. The van der Waals surface area contributed by atoms with E-state index >= 15 is 0 Å². The van der Waals surface area contributed by atoms with E-state index in [1.165, 1.54) is 10.6 Å². The summed E-state index contributed by atoms with van der Waals surface area (Å²) in [7, 11) is -3.18. The third kappa shape index (κ3) is 4.22. The van der Waals surface area contributed by atoms with Crippen molar-refractivity contribution in [1.82, 2.24) is 19.2 Å². The lowest BCUT2D eigenvalue weighted by Crippen LogP contribution is -2.43. The van der Waals surface area contributed by atoms with Crippen molar-refractivity contribution in [3.63, 3.8) is 0 Å². The van der Waals surface area contributed by atoms with E-state index in [1.807, 2.05) is 10.6 Å². The minimum Gasteiger partial charge on any atom is -0.395 e. The Morgan fingerprint density at radius 1 is 1.42 bits per heavy atom. The fourth-order valence-corrected chi connectivity index (χ4v) is 4.27. The summed E-state index contributed by atoms with van der Waals surface area (Å²) in [5, 5.41) is 12.0. The number of amides is 1. The van der Waals surface area contributed by atoms with Crippen LogP contribution in [0.4, 0.5) is 0 Å². The smallest absolute Gasteiger partial charge is 0.251 e. The molecule has 1 aromatic heterocycles. The molecule has 2 N–H and O–H groups in total. The van der Waals surface area contributed by atoms with Crippen LogP contribution >= 0.6 is 0 Å². The van der Waals surface area contributed by atoms with Gasteiger partial charge in [0.1, 0.15) is 0 Å². The van der Waals surface area contributed by atoms with Gasteiger partial charge in [0.25, 0.3) is 5.91 Å². The van der Waals surface area contributed by atoms with Gasteiger partial charge in [0.15, 0.2) is 0 Å². The first kappa shape index (κ1) is 18.8. The fourth-order valence-electron chi connectivity index (χ4n) is 3.32. The lowest BCUT2D eigenvalue weighted by Gasteiger charge is -2.30. The molecule has 9 heteroatoms. The Bertz CT molecular complexity index is 893. The molecule has 2 aromatic rings. The molecule has 0 saturated carbocycles. The van der Waals surface area contributed by atoms with E-state index in [4.69, 9.17) is 5.11 Å². The summed E-state index contributed by atoms with van der Waals surface area (Å²) in [4.78, 5) is 16.7. The molecule has 1 atom stereocenters. The van der Waals surface area contributed by atoms with Crippen molar-refractivity contribution in [3.8, 4) is 0 Å². The molecule has 1 aliphatic rings. The molecule has 2 heterocycles. The number of imidazole rings is 1. The first-order chi connectivity index (χ1) is 12.4. The molecule has 0 unspecified atom stereocenters. The Balaban J connectivity index is 1.62. The SMILES string of the molecule is CS(=O)(=O)N1CCC[C@@H](CNC(=O)c2ccc3c(c2)ncn3CCO)C1. The van der Waals surface area contributed by atoms with Gasteiger partial charge in [0.2, 0.25) is 10.0 Å². The summed E-state index contributed by atoms with van der Waals surface area (Å²) >= 11 is 0. The average Bonchev–Trinajstić information content (AvgIpc) is 3.02. The molecule has 1 fully saturated rings. The number of aliphatic hydroxyl groups is 1. The van der Waals surface area contributed by atoms with Crippen molar-refractivity contribution < 1.29 is 18.3 Å². The Labute approximate surface area is 152 Å². The van der Waals surface area contributed by atoms with Crippen LogP contribution in [0.15, 0.2) is 24.5 Å². The number of rotatable bonds is 6. The molecule has 26 heavy (non-hydrogen) atoms. The molecule has 0 spiro atoms. The maximum Gasteiger partial charge on any atom is 0.251 e. The largest absolute Gasteiger partial charge is 0.395 e. The minimum atomic E-state index is -3.18. The first-order valence-electron chi connectivity index (χ1n) is 8.67. The van der Waals surface area contributed by atoms with Crippen LogP contribution in [0.3, 0.4) is 0 Å². The van der Waals surface area contributed by atoms with Gasteiger partial charge < -0.3 is 15.0 Å². The number of carbonyl (C=O) groups is 1. The Hall–Kier alpha value is -1.97. The summed E-state index contributed by atoms with van der Waals surface area (Å²) in [5.41, 5.74) is 2.08. The van der Waals surface area contributed by atoms with Gasteiger partial charge in [-0.15, -0.1) is 0 Å². The van der Waals surface area contributed by atoms with E-state index in [0.29, 0.717) is 37.3 Å². The molecule has 1 saturated heterocycles. The Morgan fingerprint density at radius 3 is 2.96 bits per heavy atom. The van der Waals surface area contributed by atoms with Crippen molar-refractivity contribution in [3.05, 3.63) is 30.1 Å². The normalized spacial score (nSPS) is 18.9. The van der Waals surface area contributed by atoms with E-state index in [9.17, 15) is 13.2 Å². The van der Waals surface area contributed by atoms with Crippen molar-refractivity contribution in [2.75, 3.05) is 32.5 Å². The lowest BCUT2D eigenvalue weighted by molar-refractivity contribution is 0.0941. The number of piperidine rings is 1. The number of sulfonamides is 1. The Kier molecular flexibility index (Phi) is 5.59. The van der Waals surface area contributed by atoms with E-state index in [0.717, 1.165) is 18.4 Å². The summed E-state index contributed by atoms with van der Waals surface area (Å²) in [5.74, 6) is -0.0741. The summed E-state index contributed by atoms with van der Waals surface area (Å²) < 4.78 is 26.7. The lowest BCUT2D eigenvalue weighted by atomic mass is 9.99. The number of hydrogen-bond acceptors (Lipinski definition) is 5. The van der Waals surface area contributed by atoms with Gasteiger partial charge in [0, 0.05) is 31.7 Å². The molecule has 0 aliphatic carbocycles. The quantitative estimate of drug-likeness (QED) is 0.756. The second kappa shape index (κ2) is 7.73. The van der Waals surface area contributed by atoms with Crippen LogP contribution in [0.25, 0.3) is 11.0 Å². The van der Waals surface area contributed by atoms with Crippen LogP contribution in [0, 0.1) is 5.92 Å². The highest BCUT2D eigenvalue weighted by molar-refractivity contribution is 7.88. The molecule has 1 aliphatic heterocycles. The van der Waals surface area contributed by atoms with Gasteiger partial charge in [-0.05, 0) is 37.0 Å². The summed E-state index contributed by atoms with van der Waals surface area (Å²) in [6.45, 7) is 1.93. The zero-order chi connectivity index (χ0) is 18.7. The van der Waals surface area contributed by atoms with Crippen LogP contribution < -0.4 is 5.32 Å². The summed E-state index contributed by atoms with van der Waals surface area (Å²) in [6.07, 6.45) is 4.57. The standard InChI is InChI=1S/C17H24N4O4S/c1-26(24,25)21-6-2-3-13(11-21)10-18-17(23)14-4-5-16-15(9-14)19-12-20(16)7-8-22/h4-5,9,12-13,22H,2-3,6-8,10-11H2,1H3,(H,18,23)/t13-/m0/s1. The van der Waals surface area contributed by atoms with E-state index < -0.39 is 10.0 Å². The second-order valence-corrected chi connectivity index (χ2v) is 8.69. The predicted octanol–water partition coefficient (Wildman–Crippen LogP) is 0.430. The molecule has 0 radical (unpaired) electrons. The van der Waals surface area contributed by atoms with E-state index in [1.54, 1.807) is 18.5 Å². The van der Waals surface area contributed by atoms with Crippen LogP contribution in [-0.4, -0.2) is 65.8 Å². The first-order valence-corrected chi connectivity index (χ1v) is 10.5. The van der Waals surface area contributed by atoms with Gasteiger partial charge >= 0.3 is 0 Å². The minimum absolute atomic E-state index is 0.0274. The third-order valence-corrected chi connectivity index (χ3v) is 6.00. The maximum absolute atomic E-state index is 12.4. The highest BCUT2D eigenvalue weighted by Gasteiger charge is 2.26. The third-order valence-electron chi connectivity index (χ3n) is 4.73. The second-order valence-electron chi connectivity index (χ2n) is 6.70. The van der Waals surface area contributed by atoms with Crippen LogP contribution in [-0.2, 0) is 16.6 Å². The van der Waals surface area contributed by atoms with Gasteiger partial charge in [-0.1, -0.05) is 0 Å². The number of fused-ring (bicyclic) bond motifs is 1. The number of benzene rings is 1. The number of carbonyl (C=O) groups excluding carboxylic acids is 1. The van der Waals surface area contributed by atoms with E-state index in [-0.39, 0.29) is 18.4 Å². The van der Waals surface area contributed by atoms with Crippen LogP contribution in [0.5, 0.6) is 0 Å². The summed E-state index contributed by atoms with van der Waals surface area (Å²) in [6, 6.07) is 5.28. The highest BCUT2D eigenvalue weighted by Crippen LogP contribution is 2.19. The number of hydrogen-bond donors (Lipinski definition) is 2. The molecular formula is C17H24N4O4S. The van der Waals surface area contributed by atoms with Gasteiger partial charge in [-0.2, -0.15) is 0 Å². The molecule has 0 bridgehead atoms. The molecule has 1 aromatic carbocycles. The predicted molar refractivity (Wildman–Crippen MR) is 98.3 cm³/mol. The van der Waals surface area contributed by atoms with Crippen molar-refractivity contribution in [2.24, 2.45) is 5.92 Å². The fraction of sp³-hybridized carbons (Fsp3) is 0.529. The zero-order valence-corrected chi connectivity index (χ0v) is 15.6. The number of aliphatic hydroxyl groups excluding tert-OH is 1. The highest BCUT2D eigenvalue weighted by atomic mass is 32.2. The molecule has 8 nitrogen and oxygen atoms in total. The van der Waals surface area contributed by atoms with E-state index in [2.05, 4.69) is 10.3 Å². The molecule has 3 rings (SSSR count). The van der Waals surface area contributed by atoms with Gasteiger partial charge in [-0.3, -0.25) is 4.79 Å². The number of nitrogens with zero attached hydrogens (tertiary/aromatic N) is 3. The zero-order valence-electron chi connectivity index (χ0n) is 14.8. The van der Waals surface area contributed by atoms with Crippen LogP contribution in [0.2, 0.25) is 0 Å². The van der Waals surface area contributed by atoms with Crippen molar-refractivity contribution in [1.29, 1.82) is 0 Å². The van der Waals surface area contributed by atoms with Crippen LogP contribution in [0.1, 0.15) is 23.2 Å². The number of aromatic nitrogens is 2. The molecule has 1 amide bonds. The molecule has 142 valence electrons. The average molecular weight is 380 g/mol.